The van der Waals surface area contributed by atoms with Gasteiger partial charge in [0, 0.05) is 26.9 Å². The number of para-hydroxylation sites is 1. The third kappa shape index (κ3) is 8.79. The van der Waals surface area contributed by atoms with E-state index in [-0.39, 0.29) is 24.8 Å². The number of halogens is 3. The summed E-state index contributed by atoms with van der Waals surface area (Å²) in [5.74, 6) is 0.0356. The molecule has 3 aromatic rings. The Bertz CT molecular complexity index is 1670. The number of esters is 1. The van der Waals surface area contributed by atoms with Crippen LogP contribution in [0.2, 0.25) is 15.1 Å². The predicted octanol–water partition coefficient (Wildman–Crippen LogP) is 6.12. The molecule has 0 aromatic heterocycles. The topological polar surface area (TPSA) is 120 Å². The Morgan fingerprint density at radius 1 is 1.04 bits per heavy atom. The van der Waals surface area contributed by atoms with Gasteiger partial charge in [0.15, 0.2) is 23.2 Å². The number of carbonyl (C=O) groups is 2. The van der Waals surface area contributed by atoms with Crippen LogP contribution in [0.4, 0.5) is 0 Å². The van der Waals surface area contributed by atoms with Crippen molar-refractivity contribution >= 4 is 70.2 Å². The third-order valence-electron chi connectivity index (χ3n) is 6.40. The van der Waals surface area contributed by atoms with E-state index in [1.165, 1.54) is 13.3 Å². The first-order valence-electron chi connectivity index (χ1n) is 13.5. The van der Waals surface area contributed by atoms with Crippen LogP contribution >= 0.6 is 47.0 Å². The summed E-state index contributed by atoms with van der Waals surface area (Å²) in [7, 11) is 1.48. The molecule has 0 saturated carbocycles. The quantitative estimate of drug-likeness (QED) is 0.0894. The maximum absolute atomic E-state index is 12.7. The van der Waals surface area contributed by atoms with Gasteiger partial charge >= 0.3 is 5.97 Å². The zero-order chi connectivity index (χ0) is 32.5. The van der Waals surface area contributed by atoms with Crippen molar-refractivity contribution in [2.75, 3.05) is 20.3 Å². The monoisotopic (exact) mass is 690 g/mol. The van der Waals surface area contributed by atoms with Gasteiger partial charge in [-0.2, -0.15) is 5.10 Å². The smallest absolute Gasteiger partial charge is 0.338 e. The Balaban J connectivity index is 1.40. The highest BCUT2D eigenvalue weighted by Crippen LogP contribution is 2.37. The van der Waals surface area contributed by atoms with Gasteiger partial charge in [0.2, 0.25) is 0 Å². The molecule has 0 saturated heterocycles. The van der Waals surface area contributed by atoms with E-state index in [9.17, 15) is 9.59 Å². The zero-order valence-electron chi connectivity index (χ0n) is 24.4. The molecule has 0 fully saturated rings. The van der Waals surface area contributed by atoms with Gasteiger partial charge in [0.1, 0.15) is 12.4 Å². The van der Waals surface area contributed by atoms with Crippen molar-refractivity contribution in [2.45, 2.75) is 26.5 Å². The zero-order valence-corrected chi connectivity index (χ0v) is 27.5. The molecule has 3 aromatic carbocycles. The molecule has 1 amide bonds. The second kappa shape index (κ2) is 15.8. The lowest BCUT2D eigenvalue weighted by molar-refractivity contribution is -0.139. The normalized spacial score (nSPS) is 14.4. The number of ether oxygens (including phenoxy) is 4. The standard InChI is InChI=1S/C31H29Cl3N4O6S/c1-4-42-30(40)27-17(2)36-31(45)37-28(27)21-7-5-6-8-24(21)43-16-26(39)38-35-14-18-11-23(34)29(25(12-18)41-3)44-15-19-9-10-20(32)13-22(19)33/h5-14,28H,4,15-16H2,1-3H3,(H,38,39)(H2,36,37,45)/t28-/m0/s1. The maximum atomic E-state index is 12.7. The van der Waals surface area contributed by atoms with Crippen molar-refractivity contribution in [1.29, 1.82) is 0 Å². The minimum absolute atomic E-state index is 0.138. The Kier molecular flexibility index (Phi) is 11.9. The van der Waals surface area contributed by atoms with Crippen LogP contribution in [0.15, 0.2) is 71.0 Å². The Hall–Kier alpha value is -4.03. The van der Waals surface area contributed by atoms with E-state index < -0.39 is 17.9 Å². The van der Waals surface area contributed by atoms with Gasteiger partial charge < -0.3 is 29.6 Å². The molecule has 0 radical (unpaired) electrons. The van der Waals surface area contributed by atoms with Gasteiger partial charge in [-0.3, -0.25) is 4.79 Å². The molecule has 14 heteroatoms. The van der Waals surface area contributed by atoms with Gasteiger partial charge in [-0.1, -0.05) is 59.1 Å². The maximum Gasteiger partial charge on any atom is 0.338 e. The van der Waals surface area contributed by atoms with Gasteiger partial charge in [0.25, 0.3) is 5.91 Å². The van der Waals surface area contributed by atoms with E-state index >= 15 is 0 Å². The highest BCUT2D eigenvalue weighted by atomic mass is 35.5. The van der Waals surface area contributed by atoms with E-state index in [2.05, 4.69) is 21.2 Å². The van der Waals surface area contributed by atoms with E-state index in [0.29, 0.717) is 54.8 Å². The van der Waals surface area contributed by atoms with E-state index in [4.69, 9.17) is 66.0 Å². The SMILES string of the molecule is CCOC(=O)C1=C(C)NC(=S)N[C@H]1c1ccccc1OCC(=O)NN=Cc1cc(Cl)c(OCc2ccc(Cl)cc2Cl)c(OC)c1. The fraction of sp³-hybridized carbons (Fsp3) is 0.226. The summed E-state index contributed by atoms with van der Waals surface area (Å²) in [5.41, 5.74) is 5.20. The first-order chi connectivity index (χ1) is 21.6. The number of allylic oxidation sites excluding steroid dienone is 1. The summed E-state index contributed by atoms with van der Waals surface area (Å²) < 4.78 is 22.4. The van der Waals surface area contributed by atoms with Crippen LogP contribution in [-0.2, 0) is 20.9 Å². The highest BCUT2D eigenvalue weighted by Gasteiger charge is 2.32. The molecule has 1 aliphatic heterocycles. The summed E-state index contributed by atoms with van der Waals surface area (Å²) in [6, 6.07) is 14.7. The number of amides is 1. The molecule has 10 nitrogen and oxygen atoms in total. The molecule has 1 aliphatic rings. The molecule has 45 heavy (non-hydrogen) atoms. The number of rotatable bonds is 12. The van der Waals surface area contributed by atoms with Crippen molar-refractivity contribution < 1.29 is 28.5 Å². The average Bonchev–Trinajstić information content (AvgIpc) is 3.00. The van der Waals surface area contributed by atoms with E-state index in [1.54, 1.807) is 68.4 Å². The second-order valence-electron chi connectivity index (χ2n) is 9.47. The number of hydrogen-bond acceptors (Lipinski definition) is 8. The number of nitrogens with one attached hydrogen (secondary N) is 3. The van der Waals surface area contributed by atoms with Crippen molar-refractivity contribution in [1.82, 2.24) is 16.1 Å². The summed E-state index contributed by atoms with van der Waals surface area (Å²) in [4.78, 5) is 25.3. The van der Waals surface area contributed by atoms with Crippen LogP contribution in [0.1, 0.15) is 36.6 Å². The predicted molar refractivity (Wildman–Crippen MR) is 177 cm³/mol. The molecule has 1 heterocycles. The van der Waals surface area contributed by atoms with Crippen LogP contribution in [0, 0.1) is 0 Å². The summed E-state index contributed by atoms with van der Waals surface area (Å²) in [6.07, 6.45) is 1.40. The molecule has 4 rings (SSSR count). The van der Waals surface area contributed by atoms with Crippen molar-refractivity contribution in [3.63, 3.8) is 0 Å². The molecule has 3 N–H and O–H groups in total. The molecule has 0 bridgehead atoms. The largest absolute Gasteiger partial charge is 0.493 e. The number of thiocarbonyl (C=S) groups is 1. The van der Waals surface area contributed by atoms with Crippen LogP contribution in [0.25, 0.3) is 0 Å². The van der Waals surface area contributed by atoms with Crippen molar-refractivity contribution in [3.8, 4) is 17.2 Å². The van der Waals surface area contributed by atoms with Crippen LogP contribution < -0.4 is 30.3 Å². The number of benzene rings is 3. The number of nitrogens with zero attached hydrogens (tertiary/aromatic N) is 1. The van der Waals surface area contributed by atoms with Gasteiger partial charge in [-0.15, -0.1) is 0 Å². The van der Waals surface area contributed by atoms with Gasteiger partial charge in [0.05, 0.1) is 36.6 Å². The average molecular weight is 692 g/mol. The highest BCUT2D eigenvalue weighted by molar-refractivity contribution is 7.80. The number of hydrazone groups is 1. The van der Waals surface area contributed by atoms with Crippen LogP contribution in [0.3, 0.4) is 0 Å². The number of methoxy groups -OCH3 is 1. The lowest BCUT2D eigenvalue weighted by atomic mass is 9.95. The lowest BCUT2D eigenvalue weighted by Crippen LogP contribution is -2.45. The van der Waals surface area contributed by atoms with Gasteiger partial charge in [-0.25, -0.2) is 10.2 Å². The molecule has 1 atom stereocenters. The van der Waals surface area contributed by atoms with Crippen molar-refractivity contribution in [3.05, 3.63) is 97.6 Å². The first kappa shape index (κ1) is 33.9. The molecule has 0 unspecified atom stereocenters. The van der Waals surface area contributed by atoms with E-state index in [1.807, 2.05) is 0 Å². The minimum Gasteiger partial charge on any atom is -0.493 e. The summed E-state index contributed by atoms with van der Waals surface area (Å²) in [6.45, 7) is 3.46. The molecule has 0 aliphatic carbocycles. The fourth-order valence-electron chi connectivity index (χ4n) is 4.35. The Morgan fingerprint density at radius 2 is 1.82 bits per heavy atom. The first-order valence-corrected chi connectivity index (χ1v) is 15.1. The Labute approximate surface area is 280 Å². The summed E-state index contributed by atoms with van der Waals surface area (Å²) >= 11 is 24.0. The fourth-order valence-corrected chi connectivity index (χ4v) is 5.36. The van der Waals surface area contributed by atoms with Gasteiger partial charge in [-0.05, 0) is 62.0 Å². The molecular formula is C31H29Cl3N4O6S. The van der Waals surface area contributed by atoms with E-state index in [0.717, 1.165) is 5.56 Å². The third-order valence-corrected chi connectivity index (χ3v) is 7.48. The summed E-state index contributed by atoms with van der Waals surface area (Å²) in [5, 5.41) is 11.6. The van der Waals surface area contributed by atoms with Crippen LogP contribution in [-0.4, -0.2) is 43.5 Å². The lowest BCUT2D eigenvalue weighted by Gasteiger charge is -2.30. The number of hydrogen-bond donors (Lipinski definition) is 3. The van der Waals surface area contributed by atoms with Crippen molar-refractivity contribution in [2.24, 2.45) is 5.10 Å². The molecule has 236 valence electrons. The second-order valence-corrected chi connectivity index (χ2v) is 11.1. The minimum atomic E-state index is -0.648. The Morgan fingerprint density at radius 3 is 2.56 bits per heavy atom. The van der Waals surface area contributed by atoms with Crippen LogP contribution in [0.5, 0.6) is 17.2 Å². The molecular weight excluding hydrogens is 663 g/mol. The molecule has 0 spiro atoms. The number of carbonyl (C=O) groups excluding carboxylic acids is 2.